The van der Waals surface area contributed by atoms with Gasteiger partial charge in [-0.05, 0) is 77.5 Å². The average Bonchev–Trinajstić information content (AvgIpc) is 2.63. The Kier molecular flexibility index (Phi) is 7.11. The van der Waals surface area contributed by atoms with Crippen LogP contribution in [0.1, 0.15) is 27.6 Å². The van der Waals surface area contributed by atoms with Gasteiger partial charge in [-0.15, -0.1) is 0 Å². The van der Waals surface area contributed by atoms with Gasteiger partial charge >= 0.3 is 0 Å². The quantitative estimate of drug-likeness (QED) is 0.627. The van der Waals surface area contributed by atoms with Crippen molar-refractivity contribution in [3.63, 3.8) is 0 Å². The molecule has 0 atom stereocenters. The molecule has 2 amide bonds. The number of benzene rings is 2. The number of ether oxygens (including phenoxy) is 1. The lowest BCUT2D eigenvalue weighted by Gasteiger charge is -2.11. The summed E-state index contributed by atoms with van der Waals surface area (Å²) in [4.78, 5) is 23.8. The van der Waals surface area contributed by atoms with Crippen molar-refractivity contribution >= 4 is 50.8 Å². The van der Waals surface area contributed by atoms with Crippen molar-refractivity contribution in [1.82, 2.24) is 10.6 Å². The minimum Gasteiger partial charge on any atom is -0.493 e. The van der Waals surface area contributed by atoms with Gasteiger partial charge in [0.25, 0.3) is 11.8 Å². The van der Waals surface area contributed by atoms with Crippen LogP contribution in [0.5, 0.6) is 5.75 Å². The van der Waals surface area contributed by atoms with E-state index in [1.165, 1.54) is 0 Å². The van der Waals surface area contributed by atoms with Crippen LogP contribution in [-0.2, 0) is 0 Å². The summed E-state index contributed by atoms with van der Waals surface area (Å²) in [5.41, 5.74) is 1.64. The first kappa shape index (κ1) is 19.9. The Bertz CT molecular complexity index is 825. The van der Waals surface area contributed by atoms with Crippen molar-refractivity contribution in [3.8, 4) is 5.75 Å². The summed E-state index contributed by atoms with van der Waals surface area (Å²) in [6.07, 6.45) is 0. The fourth-order valence-corrected chi connectivity index (χ4v) is 2.81. The van der Waals surface area contributed by atoms with Gasteiger partial charge in [-0.2, -0.15) is 0 Å². The molecule has 0 aliphatic heterocycles. The molecule has 0 aromatic heterocycles. The van der Waals surface area contributed by atoms with Crippen LogP contribution in [0.4, 0.5) is 5.69 Å². The zero-order chi connectivity index (χ0) is 19.1. The summed E-state index contributed by atoms with van der Waals surface area (Å²) in [7, 11) is 1.57. The Morgan fingerprint density at radius 3 is 2.31 bits per heavy atom. The molecule has 0 saturated carbocycles. The molecule has 6 nitrogen and oxygen atoms in total. The maximum Gasteiger partial charge on any atom is 0.257 e. The maximum atomic E-state index is 12.3. The summed E-state index contributed by atoms with van der Waals surface area (Å²) in [6, 6.07) is 11.8. The number of hydrogen-bond acceptors (Lipinski definition) is 4. The molecule has 0 unspecified atom stereocenters. The molecule has 0 bridgehead atoms. The third-order valence-electron chi connectivity index (χ3n) is 3.35. The van der Waals surface area contributed by atoms with Crippen LogP contribution in [0.3, 0.4) is 0 Å². The first-order valence-electron chi connectivity index (χ1n) is 7.81. The SMILES string of the molecule is CCOc1ccc(C(=O)NC(=S)Nc2ccc(C(=O)NC)cc2)cc1Br. The number of halogens is 1. The first-order valence-corrected chi connectivity index (χ1v) is 9.01. The second-order valence-electron chi connectivity index (χ2n) is 5.14. The van der Waals surface area contributed by atoms with Crippen LogP contribution in [0.25, 0.3) is 0 Å². The van der Waals surface area contributed by atoms with Gasteiger partial charge in [0.15, 0.2) is 5.11 Å². The van der Waals surface area contributed by atoms with Crippen LogP contribution in [0, 0.1) is 0 Å². The highest BCUT2D eigenvalue weighted by molar-refractivity contribution is 9.10. The number of nitrogens with one attached hydrogen (secondary N) is 3. The standard InChI is InChI=1S/C18H18BrN3O3S/c1-3-25-15-9-6-12(10-14(15)19)17(24)22-18(26)21-13-7-4-11(5-8-13)16(23)20-2/h4-10H,3H2,1-2H3,(H,20,23)(H2,21,22,24,26). The summed E-state index contributed by atoms with van der Waals surface area (Å²) in [5, 5.41) is 8.22. The molecule has 136 valence electrons. The topological polar surface area (TPSA) is 79.5 Å². The Balaban J connectivity index is 1.97. The van der Waals surface area contributed by atoms with E-state index in [0.29, 0.717) is 33.6 Å². The maximum absolute atomic E-state index is 12.3. The van der Waals surface area contributed by atoms with Crippen molar-refractivity contribution in [2.45, 2.75) is 6.92 Å². The highest BCUT2D eigenvalue weighted by Gasteiger charge is 2.11. The molecule has 0 aliphatic carbocycles. The molecule has 26 heavy (non-hydrogen) atoms. The molecular weight excluding hydrogens is 418 g/mol. The minimum atomic E-state index is -0.340. The zero-order valence-electron chi connectivity index (χ0n) is 14.3. The van der Waals surface area contributed by atoms with Crippen molar-refractivity contribution < 1.29 is 14.3 Å². The molecule has 0 heterocycles. The fraction of sp³-hybridized carbons (Fsp3) is 0.167. The van der Waals surface area contributed by atoms with Crippen LogP contribution < -0.4 is 20.7 Å². The summed E-state index contributed by atoms with van der Waals surface area (Å²) >= 11 is 8.54. The molecule has 0 saturated heterocycles. The van der Waals surface area contributed by atoms with E-state index in [0.717, 1.165) is 0 Å². The lowest BCUT2D eigenvalue weighted by atomic mass is 10.2. The second kappa shape index (κ2) is 9.30. The predicted molar refractivity (Wildman–Crippen MR) is 109 cm³/mol. The van der Waals surface area contributed by atoms with E-state index in [-0.39, 0.29) is 16.9 Å². The van der Waals surface area contributed by atoms with E-state index >= 15 is 0 Å². The van der Waals surface area contributed by atoms with Crippen molar-refractivity contribution in [2.24, 2.45) is 0 Å². The van der Waals surface area contributed by atoms with Gasteiger partial charge in [0.2, 0.25) is 0 Å². The van der Waals surface area contributed by atoms with E-state index in [9.17, 15) is 9.59 Å². The van der Waals surface area contributed by atoms with Gasteiger partial charge in [0.1, 0.15) is 5.75 Å². The Morgan fingerprint density at radius 2 is 1.73 bits per heavy atom. The Morgan fingerprint density at radius 1 is 1.08 bits per heavy atom. The predicted octanol–water partition coefficient (Wildman–Crippen LogP) is 3.33. The largest absolute Gasteiger partial charge is 0.493 e. The van der Waals surface area contributed by atoms with Crippen LogP contribution >= 0.6 is 28.1 Å². The van der Waals surface area contributed by atoms with Crippen molar-refractivity contribution in [3.05, 3.63) is 58.1 Å². The zero-order valence-corrected chi connectivity index (χ0v) is 16.7. The minimum absolute atomic E-state index is 0.160. The number of anilines is 1. The van der Waals surface area contributed by atoms with Gasteiger partial charge in [0.05, 0.1) is 11.1 Å². The van der Waals surface area contributed by atoms with Crippen LogP contribution in [0.15, 0.2) is 46.9 Å². The number of amides is 2. The Hall–Kier alpha value is -2.45. The summed E-state index contributed by atoms with van der Waals surface area (Å²) in [6.45, 7) is 2.43. The third kappa shape index (κ3) is 5.27. The van der Waals surface area contributed by atoms with E-state index < -0.39 is 0 Å². The van der Waals surface area contributed by atoms with Gasteiger partial charge in [-0.3, -0.25) is 14.9 Å². The van der Waals surface area contributed by atoms with E-state index in [2.05, 4.69) is 31.9 Å². The van der Waals surface area contributed by atoms with Crippen LogP contribution in [0.2, 0.25) is 0 Å². The van der Waals surface area contributed by atoms with Gasteiger partial charge in [0, 0.05) is 23.9 Å². The molecule has 2 aromatic rings. The molecule has 3 N–H and O–H groups in total. The number of carbonyl (C=O) groups excluding carboxylic acids is 2. The highest BCUT2D eigenvalue weighted by Crippen LogP contribution is 2.26. The molecular formula is C18H18BrN3O3S. The van der Waals surface area contributed by atoms with E-state index in [4.69, 9.17) is 17.0 Å². The van der Waals surface area contributed by atoms with Gasteiger partial charge in [-0.25, -0.2) is 0 Å². The average molecular weight is 436 g/mol. The lowest BCUT2D eigenvalue weighted by Crippen LogP contribution is -2.34. The molecule has 0 aliphatic rings. The van der Waals surface area contributed by atoms with E-state index in [1.807, 2.05) is 6.92 Å². The molecule has 0 fully saturated rings. The monoisotopic (exact) mass is 435 g/mol. The normalized spacial score (nSPS) is 9.96. The molecule has 2 rings (SSSR count). The highest BCUT2D eigenvalue weighted by atomic mass is 79.9. The van der Waals surface area contributed by atoms with Gasteiger partial charge < -0.3 is 15.4 Å². The van der Waals surface area contributed by atoms with Gasteiger partial charge in [-0.1, -0.05) is 0 Å². The van der Waals surface area contributed by atoms with Crippen molar-refractivity contribution in [1.29, 1.82) is 0 Å². The fourth-order valence-electron chi connectivity index (χ4n) is 2.10. The number of carbonyl (C=O) groups is 2. The number of thiocarbonyl (C=S) groups is 1. The first-order chi connectivity index (χ1) is 12.4. The van der Waals surface area contributed by atoms with Crippen LogP contribution in [-0.4, -0.2) is 30.6 Å². The second-order valence-corrected chi connectivity index (χ2v) is 6.41. The molecule has 0 radical (unpaired) electrons. The van der Waals surface area contributed by atoms with E-state index in [1.54, 1.807) is 49.5 Å². The summed E-state index contributed by atoms with van der Waals surface area (Å²) < 4.78 is 6.11. The third-order valence-corrected chi connectivity index (χ3v) is 4.18. The summed E-state index contributed by atoms with van der Waals surface area (Å²) in [5.74, 6) is 0.155. The smallest absolute Gasteiger partial charge is 0.257 e. The Labute approximate surface area is 165 Å². The molecule has 2 aromatic carbocycles. The lowest BCUT2D eigenvalue weighted by molar-refractivity contribution is 0.0959. The van der Waals surface area contributed by atoms with Crippen molar-refractivity contribution in [2.75, 3.05) is 19.0 Å². The molecule has 0 spiro atoms. The number of hydrogen-bond donors (Lipinski definition) is 3. The molecule has 8 heteroatoms. The number of rotatable bonds is 5.